The number of ether oxygens (including phenoxy) is 1. The van der Waals surface area contributed by atoms with Crippen LogP contribution in [0.1, 0.15) is 23.6 Å². The lowest BCUT2D eigenvalue weighted by molar-refractivity contribution is 0.335. The number of hydrogen-bond donors (Lipinski definition) is 1. The van der Waals surface area contributed by atoms with Gasteiger partial charge in [0.05, 0.1) is 6.61 Å². The maximum atomic E-state index is 5.62. The fourth-order valence-electron chi connectivity index (χ4n) is 1.99. The predicted octanol–water partition coefficient (Wildman–Crippen LogP) is 3.68. The van der Waals surface area contributed by atoms with E-state index in [2.05, 4.69) is 42.6 Å². The molecule has 0 amide bonds. The van der Waals surface area contributed by atoms with Crippen molar-refractivity contribution >= 4 is 0 Å². The number of para-hydroxylation sites is 1. The van der Waals surface area contributed by atoms with Gasteiger partial charge in [0.25, 0.3) is 0 Å². The first-order valence-corrected chi connectivity index (χ1v) is 6.76. The van der Waals surface area contributed by atoms with Gasteiger partial charge in [0, 0.05) is 18.7 Å². The van der Waals surface area contributed by atoms with E-state index in [0.29, 0.717) is 6.61 Å². The van der Waals surface area contributed by atoms with E-state index in [1.54, 1.807) is 0 Å². The lowest BCUT2D eigenvalue weighted by Gasteiger charge is -2.11. The summed E-state index contributed by atoms with van der Waals surface area (Å²) in [6, 6.07) is 16.8. The van der Waals surface area contributed by atoms with Gasteiger partial charge in [-0.2, -0.15) is 0 Å². The van der Waals surface area contributed by atoms with Gasteiger partial charge in [-0.25, -0.2) is 0 Å². The van der Waals surface area contributed by atoms with Crippen molar-refractivity contribution < 1.29 is 4.74 Å². The molecule has 100 valence electrons. The molecule has 0 spiro atoms. The zero-order valence-electron chi connectivity index (χ0n) is 11.6. The lowest BCUT2D eigenvalue weighted by atomic mass is 10.1. The van der Waals surface area contributed by atoms with E-state index in [4.69, 9.17) is 4.74 Å². The molecule has 0 saturated carbocycles. The van der Waals surface area contributed by atoms with Crippen LogP contribution in [0.4, 0.5) is 0 Å². The quantitative estimate of drug-likeness (QED) is 0.850. The molecule has 0 atom stereocenters. The van der Waals surface area contributed by atoms with Gasteiger partial charge in [0.1, 0.15) is 5.75 Å². The van der Waals surface area contributed by atoms with Gasteiger partial charge in [0.2, 0.25) is 0 Å². The molecule has 2 aromatic rings. The summed E-state index contributed by atoms with van der Waals surface area (Å²) in [6.45, 7) is 6.52. The maximum absolute atomic E-state index is 5.62. The minimum atomic E-state index is 0.703. The van der Waals surface area contributed by atoms with E-state index in [1.165, 1.54) is 16.7 Å². The van der Waals surface area contributed by atoms with Crippen molar-refractivity contribution in [2.24, 2.45) is 0 Å². The molecule has 2 heteroatoms. The Morgan fingerprint density at radius 2 is 1.68 bits per heavy atom. The van der Waals surface area contributed by atoms with Crippen molar-refractivity contribution in [3.05, 3.63) is 65.2 Å². The third kappa shape index (κ3) is 4.11. The van der Waals surface area contributed by atoms with E-state index in [9.17, 15) is 0 Å². The monoisotopic (exact) mass is 255 g/mol. The third-order valence-electron chi connectivity index (χ3n) is 3.04. The molecule has 0 aliphatic rings. The summed E-state index contributed by atoms with van der Waals surface area (Å²) in [6.07, 6.45) is 0. The lowest BCUT2D eigenvalue weighted by Crippen LogP contribution is -2.13. The molecule has 0 radical (unpaired) electrons. The van der Waals surface area contributed by atoms with Gasteiger partial charge in [-0.1, -0.05) is 48.0 Å². The fourth-order valence-corrected chi connectivity index (χ4v) is 1.99. The second-order valence-electron chi connectivity index (χ2n) is 4.63. The SMILES string of the molecule is CCOc1ccccc1CNCc1ccc(C)cc1. The average molecular weight is 255 g/mol. The highest BCUT2D eigenvalue weighted by Gasteiger charge is 2.01. The summed E-state index contributed by atoms with van der Waals surface area (Å²) in [7, 11) is 0. The molecule has 0 aliphatic heterocycles. The Morgan fingerprint density at radius 3 is 2.42 bits per heavy atom. The zero-order chi connectivity index (χ0) is 13.5. The standard InChI is InChI=1S/C17H21NO/c1-3-19-17-7-5-4-6-16(17)13-18-12-15-10-8-14(2)9-11-15/h4-11,18H,3,12-13H2,1-2H3. The summed E-state index contributed by atoms with van der Waals surface area (Å²) < 4.78 is 5.62. The molecule has 19 heavy (non-hydrogen) atoms. The maximum Gasteiger partial charge on any atom is 0.123 e. The zero-order valence-corrected chi connectivity index (χ0v) is 11.6. The largest absolute Gasteiger partial charge is 0.494 e. The van der Waals surface area contributed by atoms with Crippen molar-refractivity contribution in [2.75, 3.05) is 6.61 Å². The van der Waals surface area contributed by atoms with Crippen molar-refractivity contribution in [2.45, 2.75) is 26.9 Å². The Kier molecular flexibility index (Phi) is 4.99. The van der Waals surface area contributed by atoms with Crippen LogP contribution in [0.2, 0.25) is 0 Å². The molecule has 0 saturated heterocycles. The normalized spacial score (nSPS) is 10.4. The van der Waals surface area contributed by atoms with Crippen LogP contribution in [-0.4, -0.2) is 6.61 Å². The van der Waals surface area contributed by atoms with Crippen LogP contribution in [0.25, 0.3) is 0 Å². The van der Waals surface area contributed by atoms with Crippen molar-refractivity contribution in [1.29, 1.82) is 0 Å². The van der Waals surface area contributed by atoms with Crippen LogP contribution < -0.4 is 10.1 Å². The number of nitrogens with one attached hydrogen (secondary N) is 1. The molecule has 0 unspecified atom stereocenters. The number of benzene rings is 2. The third-order valence-corrected chi connectivity index (χ3v) is 3.04. The summed E-state index contributed by atoms with van der Waals surface area (Å²) in [4.78, 5) is 0. The Hall–Kier alpha value is -1.80. The Labute approximate surface area is 115 Å². The van der Waals surface area contributed by atoms with E-state index < -0.39 is 0 Å². The van der Waals surface area contributed by atoms with Crippen molar-refractivity contribution in [1.82, 2.24) is 5.32 Å². The van der Waals surface area contributed by atoms with Crippen LogP contribution in [-0.2, 0) is 13.1 Å². The summed E-state index contributed by atoms with van der Waals surface area (Å²) >= 11 is 0. The van der Waals surface area contributed by atoms with E-state index in [1.807, 2.05) is 25.1 Å². The molecular weight excluding hydrogens is 234 g/mol. The van der Waals surface area contributed by atoms with E-state index in [0.717, 1.165) is 18.8 Å². The molecule has 2 nitrogen and oxygen atoms in total. The first kappa shape index (κ1) is 13.6. The molecule has 2 aromatic carbocycles. The highest BCUT2D eigenvalue weighted by molar-refractivity contribution is 5.33. The topological polar surface area (TPSA) is 21.3 Å². The molecule has 0 aromatic heterocycles. The average Bonchev–Trinajstić information content (AvgIpc) is 2.43. The Morgan fingerprint density at radius 1 is 0.947 bits per heavy atom. The van der Waals surface area contributed by atoms with Crippen LogP contribution >= 0.6 is 0 Å². The number of aryl methyl sites for hydroxylation is 1. The van der Waals surface area contributed by atoms with Gasteiger partial charge >= 0.3 is 0 Å². The Bertz CT molecular complexity index is 505. The number of rotatable bonds is 6. The molecular formula is C17H21NO. The van der Waals surface area contributed by atoms with Gasteiger partial charge in [-0.05, 0) is 25.5 Å². The summed E-state index contributed by atoms with van der Waals surface area (Å²) in [5.41, 5.74) is 3.81. The first-order valence-electron chi connectivity index (χ1n) is 6.76. The van der Waals surface area contributed by atoms with Crippen molar-refractivity contribution in [3.63, 3.8) is 0 Å². The highest BCUT2D eigenvalue weighted by Crippen LogP contribution is 2.17. The number of hydrogen-bond acceptors (Lipinski definition) is 2. The van der Waals surface area contributed by atoms with Crippen molar-refractivity contribution in [3.8, 4) is 5.75 Å². The predicted molar refractivity (Wildman–Crippen MR) is 79.3 cm³/mol. The molecule has 0 bridgehead atoms. The van der Waals surface area contributed by atoms with Crippen LogP contribution in [0.15, 0.2) is 48.5 Å². The van der Waals surface area contributed by atoms with Crippen LogP contribution in [0.5, 0.6) is 5.75 Å². The van der Waals surface area contributed by atoms with Gasteiger partial charge in [-0.15, -0.1) is 0 Å². The minimum absolute atomic E-state index is 0.703. The van der Waals surface area contributed by atoms with E-state index in [-0.39, 0.29) is 0 Å². The first-order chi connectivity index (χ1) is 9.29. The van der Waals surface area contributed by atoms with Gasteiger partial charge in [0.15, 0.2) is 0 Å². The summed E-state index contributed by atoms with van der Waals surface area (Å²) in [5.74, 6) is 0.974. The van der Waals surface area contributed by atoms with Gasteiger partial charge < -0.3 is 10.1 Å². The molecule has 0 heterocycles. The minimum Gasteiger partial charge on any atom is -0.494 e. The smallest absolute Gasteiger partial charge is 0.123 e. The fraction of sp³-hybridized carbons (Fsp3) is 0.294. The van der Waals surface area contributed by atoms with E-state index >= 15 is 0 Å². The molecule has 0 fully saturated rings. The molecule has 1 N–H and O–H groups in total. The molecule has 2 rings (SSSR count). The molecule has 0 aliphatic carbocycles. The Balaban J connectivity index is 1.90. The second-order valence-corrected chi connectivity index (χ2v) is 4.63. The van der Waals surface area contributed by atoms with Crippen LogP contribution in [0.3, 0.4) is 0 Å². The second kappa shape index (κ2) is 6.95. The van der Waals surface area contributed by atoms with Gasteiger partial charge in [-0.3, -0.25) is 0 Å². The highest BCUT2D eigenvalue weighted by atomic mass is 16.5. The summed E-state index contributed by atoms with van der Waals surface area (Å²) in [5, 5.41) is 3.46. The van der Waals surface area contributed by atoms with Crippen LogP contribution in [0, 0.1) is 6.92 Å².